The zero-order valence-electron chi connectivity index (χ0n) is 19.1. The van der Waals surface area contributed by atoms with Gasteiger partial charge in [-0.25, -0.2) is 0 Å². The predicted octanol–water partition coefficient (Wildman–Crippen LogP) is 4.72. The molecule has 1 heterocycles. The number of halogens is 4. The van der Waals surface area contributed by atoms with E-state index in [2.05, 4.69) is 15.7 Å². The van der Waals surface area contributed by atoms with E-state index in [0.717, 1.165) is 24.5 Å². The molecule has 34 heavy (non-hydrogen) atoms. The second kappa shape index (κ2) is 11.7. The van der Waals surface area contributed by atoms with Gasteiger partial charge < -0.3 is 14.7 Å². The van der Waals surface area contributed by atoms with Gasteiger partial charge in [0.05, 0.1) is 5.92 Å². The van der Waals surface area contributed by atoms with Gasteiger partial charge in [-0.15, -0.1) is 15.9 Å². The quantitative estimate of drug-likeness (QED) is 0.322. The van der Waals surface area contributed by atoms with Crippen LogP contribution in [0, 0.1) is 13.8 Å². The number of rotatable bonds is 8. The van der Waals surface area contributed by atoms with Gasteiger partial charge in [-0.2, -0.15) is 13.2 Å². The number of aryl methyl sites for hydroxylation is 2. The Kier molecular flexibility index (Phi) is 9.41. The predicted molar refractivity (Wildman–Crippen MR) is 119 cm³/mol. The van der Waals surface area contributed by atoms with Crippen molar-refractivity contribution in [1.29, 1.82) is 0 Å². The van der Waals surface area contributed by atoms with E-state index in [-0.39, 0.29) is 68.6 Å². The minimum absolute atomic E-state index is 0. The molecule has 0 amide bonds. The van der Waals surface area contributed by atoms with E-state index >= 15 is 0 Å². The molecule has 174 valence electrons. The van der Waals surface area contributed by atoms with Crippen LogP contribution in [0.5, 0.6) is 0 Å². The largest absolute Gasteiger partial charge is 1.00 e. The molecule has 0 N–H and O–H groups in total. The van der Waals surface area contributed by atoms with Gasteiger partial charge in [-0.3, -0.25) is 0 Å². The maximum Gasteiger partial charge on any atom is 1.00 e. The average molecular weight is 516 g/mol. The van der Waals surface area contributed by atoms with Crippen molar-refractivity contribution in [2.24, 2.45) is 0 Å². The molecule has 3 aromatic rings. The Bertz CT molecular complexity index is 1140. The summed E-state index contributed by atoms with van der Waals surface area (Å²) in [6.45, 7) is 3.57. The van der Waals surface area contributed by atoms with E-state index in [1.807, 2.05) is 0 Å². The number of hydrogen-bond acceptors (Lipinski definition) is 4. The van der Waals surface area contributed by atoms with E-state index < -0.39 is 12.1 Å². The molecular formula is C24H22ClF3KN3O2. The van der Waals surface area contributed by atoms with Crippen LogP contribution in [0.2, 0.25) is 5.02 Å². The van der Waals surface area contributed by atoms with Gasteiger partial charge in [0, 0.05) is 10.9 Å². The second-order valence-corrected chi connectivity index (χ2v) is 8.60. The normalized spacial score (nSPS) is 14.8. The monoisotopic (exact) mass is 515 g/mol. The first kappa shape index (κ1) is 27.4. The number of nitrogens with zero attached hydrogens (tertiary/aromatic N) is 3. The maximum atomic E-state index is 13.7. The summed E-state index contributed by atoms with van der Waals surface area (Å²) in [5.74, 6) is -0.415. The van der Waals surface area contributed by atoms with Crippen molar-refractivity contribution in [3.05, 3.63) is 87.0 Å². The molecule has 0 saturated heterocycles. The number of benzene rings is 2. The summed E-state index contributed by atoms with van der Waals surface area (Å²) >= 11 is 5.97. The van der Waals surface area contributed by atoms with Crippen LogP contribution >= 0.6 is 11.6 Å². The molecule has 0 aliphatic heterocycles. The molecule has 0 radical (unpaired) electrons. The molecule has 1 aliphatic carbocycles. The second-order valence-electron chi connectivity index (χ2n) is 8.16. The molecule has 0 bridgehead atoms. The summed E-state index contributed by atoms with van der Waals surface area (Å²) in [5.41, 5.74) is 6.77. The van der Waals surface area contributed by atoms with Crippen molar-refractivity contribution in [2.75, 3.05) is 0 Å². The third kappa shape index (κ3) is 7.40. The molecule has 1 aliphatic rings. The van der Waals surface area contributed by atoms with Crippen LogP contribution in [-0.2, 0) is 11.4 Å². The van der Waals surface area contributed by atoms with E-state index in [1.165, 1.54) is 18.2 Å². The minimum Gasteiger partial charge on any atom is -0.561 e. The van der Waals surface area contributed by atoms with Crippen LogP contribution in [0.4, 0.5) is 18.9 Å². The van der Waals surface area contributed by atoms with Crippen molar-refractivity contribution < 1.29 is 73.8 Å². The Morgan fingerprint density at radius 2 is 1.94 bits per heavy atom. The smallest absolute Gasteiger partial charge is 0.561 e. The Morgan fingerprint density at radius 1 is 1.18 bits per heavy atom. The molecule has 1 aromatic heterocycles. The minimum atomic E-state index is -4.44. The third-order valence-corrected chi connectivity index (χ3v) is 5.46. The van der Waals surface area contributed by atoms with Crippen LogP contribution in [0.15, 0.2) is 46.9 Å². The third-order valence-electron chi connectivity index (χ3n) is 5.24. The van der Waals surface area contributed by atoms with Gasteiger partial charge in [0.1, 0.15) is 6.61 Å². The van der Waals surface area contributed by atoms with Gasteiger partial charge >= 0.3 is 57.6 Å². The van der Waals surface area contributed by atoms with Crippen LogP contribution in [-0.4, -0.2) is 16.4 Å². The molecule has 1 fully saturated rings. The molecule has 2 aromatic carbocycles. The molecule has 4 rings (SSSR count). The van der Waals surface area contributed by atoms with Crippen LogP contribution in [0.1, 0.15) is 58.7 Å². The SMILES string of the molecule is Cc1cc(Cl)cc(C(/C=C/c2ccc([N-]OCc3nnc(C4CC4)o3)c(C)c2)C(F)(F)F)c1.[K+]. The first-order valence-corrected chi connectivity index (χ1v) is 10.8. The van der Waals surface area contributed by atoms with E-state index in [9.17, 15) is 13.2 Å². The summed E-state index contributed by atoms with van der Waals surface area (Å²) in [6, 6.07) is 9.58. The van der Waals surface area contributed by atoms with E-state index in [0.29, 0.717) is 34.5 Å². The van der Waals surface area contributed by atoms with Gasteiger partial charge in [-0.05, 0) is 55.5 Å². The summed E-state index contributed by atoms with van der Waals surface area (Å²) in [7, 11) is 0. The van der Waals surface area contributed by atoms with Crippen molar-refractivity contribution in [3.63, 3.8) is 0 Å². The molecule has 1 atom stereocenters. The van der Waals surface area contributed by atoms with E-state index in [1.54, 1.807) is 38.1 Å². The van der Waals surface area contributed by atoms with Crippen LogP contribution < -0.4 is 51.4 Å². The van der Waals surface area contributed by atoms with Crippen LogP contribution in [0.3, 0.4) is 0 Å². The molecule has 10 heteroatoms. The zero-order valence-corrected chi connectivity index (χ0v) is 22.9. The van der Waals surface area contributed by atoms with E-state index in [4.69, 9.17) is 20.9 Å². The summed E-state index contributed by atoms with van der Waals surface area (Å²) in [4.78, 5) is 5.31. The fraction of sp³-hybridized carbons (Fsp3) is 0.333. The number of aromatic nitrogens is 2. The summed E-state index contributed by atoms with van der Waals surface area (Å²) in [6.07, 6.45) is 0.272. The van der Waals surface area contributed by atoms with Gasteiger partial charge in [0.25, 0.3) is 0 Å². The van der Waals surface area contributed by atoms with Gasteiger partial charge in [0.2, 0.25) is 11.8 Å². The number of allylic oxidation sites excluding steroid dienone is 1. The number of alkyl halides is 3. The van der Waals surface area contributed by atoms with Crippen LogP contribution in [0.25, 0.3) is 11.6 Å². The topological polar surface area (TPSA) is 62.2 Å². The fourth-order valence-electron chi connectivity index (χ4n) is 3.42. The Hall–Kier alpha value is -1.20. The average Bonchev–Trinajstić information content (AvgIpc) is 3.46. The Labute approximate surface area is 243 Å². The van der Waals surface area contributed by atoms with Gasteiger partial charge in [0.15, 0.2) is 0 Å². The molecular weight excluding hydrogens is 494 g/mol. The van der Waals surface area contributed by atoms with Crippen molar-refractivity contribution in [3.8, 4) is 0 Å². The first-order valence-electron chi connectivity index (χ1n) is 10.5. The molecule has 0 spiro atoms. The fourth-order valence-corrected chi connectivity index (χ4v) is 3.72. The van der Waals surface area contributed by atoms with Crippen molar-refractivity contribution >= 4 is 23.4 Å². The Morgan fingerprint density at radius 3 is 2.59 bits per heavy atom. The standard InChI is InChI=1S/C24H22ClF3N3O2.K/c1-14-9-18(12-19(25)10-14)20(24(26,27)28)7-3-16-4-8-21(15(2)11-16)31-32-13-22-29-30-23(33-22)17-5-6-17;/h3-4,7-12,17,20H,5-6,13H2,1-2H3;/q-1;+1/b7-3+;. The summed E-state index contributed by atoms with van der Waals surface area (Å²) in [5, 5.41) is 8.19. The van der Waals surface area contributed by atoms with Crippen molar-refractivity contribution in [1.82, 2.24) is 10.2 Å². The summed E-state index contributed by atoms with van der Waals surface area (Å²) < 4.78 is 46.6. The maximum absolute atomic E-state index is 13.7. The number of hydrogen-bond donors (Lipinski definition) is 0. The molecule has 5 nitrogen and oxygen atoms in total. The van der Waals surface area contributed by atoms with Crippen molar-refractivity contribution in [2.45, 2.75) is 51.3 Å². The zero-order chi connectivity index (χ0) is 23.6. The molecule has 1 saturated carbocycles. The Balaban J connectivity index is 0.00000324. The molecule has 1 unspecified atom stereocenters. The van der Waals surface area contributed by atoms with Gasteiger partial charge in [-0.1, -0.05) is 53.6 Å². The first-order chi connectivity index (χ1) is 15.7.